The molecule has 0 spiro atoms. The molecular weight excluding hydrogens is 208 g/mol. The molecule has 1 aromatic carbocycles. The third kappa shape index (κ3) is 6.15. The highest BCUT2D eigenvalue weighted by Crippen LogP contribution is 2.14. The van der Waals surface area contributed by atoms with Gasteiger partial charge in [-0.2, -0.15) is 0 Å². The van der Waals surface area contributed by atoms with E-state index in [2.05, 4.69) is 25.6 Å². The van der Waals surface area contributed by atoms with Crippen LogP contribution in [-0.4, -0.2) is 6.61 Å². The summed E-state index contributed by atoms with van der Waals surface area (Å²) in [6.45, 7) is 6.46. The Labute approximate surface area is 106 Å². The summed E-state index contributed by atoms with van der Waals surface area (Å²) in [6, 6.07) is 8.42. The number of hydrogen-bond donors (Lipinski definition) is 0. The quantitative estimate of drug-likeness (QED) is 0.440. The Morgan fingerprint density at radius 2 is 1.76 bits per heavy atom. The van der Waals surface area contributed by atoms with E-state index in [4.69, 9.17) is 4.74 Å². The molecule has 17 heavy (non-hydrogen) atoms. The van der Waals surface area contributed by atoms with Crippen LogP contribution < -0.4 is 4.74 Å². The summed E-state index contributed by atoms with van der Waals surface area (Å²) >= 11 is 0. The minimum absolute atomic E-state index is 0.580. The summed E-state index contributed by atoms with van der Waals surface area (Å²) in [5.74, 6) is 0.930. The van der Waals surface area contributed by atoms with Gasteiger partial charge in [-0.1, -0.05) is 57.4 Å². The van der Waals surface area contributed by atoms with Crippen LogP contribution in [0.25, 0.3) is 0 Å². The van der Waals surface area contributed by atoms with Crippen molar-refractivity contribution in [2.45, 2.75) is 45.4 Å². The highest BCUT2D eigenvalue weighted by Gasteiger charge is 1.95. The molecule has 0 aliphatic carbocycles. The van der Waals surface area contributed by atoms with E-state index < -0.39 is 0 Å². The van der Waals surface area contributed by atoms with E-state index in [9.17, 15) is 0 Å². The van der Waals surface area contributed by atoms with Gasteiger partial charge in [0.1, 0.15) is 12.4 Å². The first-order valence-electron chi connectivity index (χ1n) is 6.69. The number of hydrogen-bond acceptors (Lipinski definition) is 1. The second-order valence-electron chi connectivity index (χ2n) is 4.41. The van der Waals surface area contributed by atoms with Gasteiger partial charge in [-0.25, -0.2) is 0 Å². The summed E-state index contributed by atoms with van der Waals surface area (Å²) in [7, 11) is 0. The van der Waals surface area contributed by atoms with Gasteiger partial charge in [-0.05, 0) is 30.5 Å². The maximum Gasteiger partial charge on any atom is 0.119 e. The lowest BCUT2D eigenvalue weighted by Gasteiger charge is -2.05. The Hall–Kier alpha value is -1.24. The van der Waals surface area contributed by atoms with Crippen molar-refractivity contribution in [3.8, 4) is 5.75 Å². The predicted molar refractivity (Wildman–Crippen MR) is 74.6 cm³/mol. The molecule has 0 aliphatic rings. The highest BCUT2D eigenvalue weighted by atomic mass is 16.5. The summed E-state index contributed by atoms with van der Waals surface area (Å²) in [5, 5.41) is 0. The molecule has 0 aromatic heterocycles. The van der Waals surface area contributed by atoms with E-state index in [1.165, 1.54) is 44.1 Å². The predicted octanol–water partition coefficient (Wildman–Crippen LogP) is 4.76. The second-order valence-corrected chi connectivity index (χ2v) is 4.41. The fourth-order valence-electron chi connectivity index (χ4n) is 1.84. The van der Waals surface area contributed by atoms with Crippen LogP contribution in [0.5, 0.6) is 5.75 Å². The van der Waals surface area contributed by atoms with Crippen molar-refractivity contribution >= 4 is 0 Å². The molecule has 1 rings (SSSR count). The number of aryl methyl sites for hydroxylation is 1. The maximum absolute atomic E-state index is 5.45. The molecule has 0 bridgehead atoms. The van der Waals surface area contributed by atoms with E-state index in [-0.39, 0.29) is 0 Å². The normalized spacial score (nSPS) is 10.2. The van der Waals surface area contributed by atoms with Gasteiger partial charge in [0.2, 0.25) is 0 Å². The lowest BCUT2D eigenvalue weighted by Crippen LogP contribution is -1.93. The van der Waals surface area contributed by atoms with Crippen molar-refractivity contribution in [2.75, 3.05) is 6.61 Å². The molecule has 0 atom stereocenters. The van der Waals surface area contributed by atoms with Crippen molar-refractivity contribution in [3.05, 3.63) is 42.5 Å². The largest absolute Gasteiger partial charge is 0.490 e. The Kier molecular flexibility index (Phi) is 7.20. The Balaban J connectivity index is 2.23. The van der Waals surface area contributed by atoms with Crippen molar-refractivity contribution in [2.24, 2.45) is 0 Å². The molecule has 0 heterocycles. The maximum atomic E-state index is 5.45. The lowest BCUT2D eigenvalue weighted by atomic mass is 10.1. The molecular formula is C16H24O. The zero-order valence-electron chi connectivity index (χ0n) is 11.0. The first kappa shape index (κ1) is 13.8. The third-order valence-electron chi connectivity index (χ3n) is 2.86. The molecule has 0 saturated heterocycles. The van der Waals surface area contributed by atoms with Crippen molar-refractivity contribution in [1.82, 2.24) is 0 Å². The molecule has 0 N–H and O–H groups in total. The average Bonchev–Trinajstić information content (AvgIpc) is 2.37. The minimum atomic E-state index is 0.580. The van der Waals surface area contributed by atoms with Gasteiger partial charge in [0.25, 0.3) is 0 Å². The van der Waals surface area contributed by atoms with Crippen LogP contribution in [0, 0.1) is 0 Å². The molecule has 1 nitrogen and oxygen atoms in total. The Morgan fingerprint density at radius 1 is 1.06 bits per heavy atom. The average molecular weight is 232 g/mol. The minimum Gasteiger partial charge on any atom is -0.490 e. The van der Waals surface area contributed by atoms with Crippen molar-refractivity contribution in [1.29, 1.82) is 0 Å². The molecule has 1 aromatic rings. The molecule has 1 heteroatoms. The molecule has 0 aliphatic heterocycles. The van der Waals surface area contributed by atoms with Crippen LogP contribution in [-0.2, 0) is 6.42 Å². The van der Waals surface area contributed by atoms with E-state index in [1.54, 1.807) is 6.08 Å². The van der Waals surface area contributed by atoms with Gasteiger partial charge in [0.05, 0.1) is 0 Å². The zero-order valence-corrected chi connectivity index (χ0v) is 11.0. The highest BCUT2D eigenvalue weighted by molar-refractivity contribution is 5.27. The third-order valence-corrected chi connectivity index (χ3v) is 2.86. The van der Waals surface area contributed by atoms with Crippen molar-refractivity contribution < 1.29 is 4.74 Å². The molecule has 94 valence electrons. The van der Waals surface area contributed by atoms with Gasteiger partial charge >= 0.3 is 0 Å². The summed E-state index contributed by atoms with van der Waals surface area (Å²) < 4.78 is 5.45. The van der Waals surface area contributed by atoms with Crippen LogP contribution in [0.2, 0.25) is 0 Å². The standard InChI is InChI=1S/C16H24O/c1-3-5-6-7-8-9-15-10-12-16(13-11-15)17-14-4-2/h4,10-13H,2-3,5-9,14H2,1H3. The van der Waals surface area contributed by atoms with Gasteiger partial charge < -0.3 is 4.74 Å². The van der Waals surface area contributed by atoms with Crippen LogP contribution in [0.4, 0.5) is 0 Å². The first-order valence-corrected chi connectivity index (χ1v) is 6.69. The molecule has 0 unspecified atom stereocenters. The van der Waals surface area contributed by atoms with Crippen LogP contribution >= 0.6 is 0 Å². The van der Waals surface area contributed by atoms with E-state index in [0.29, 0.717) is 6.61 Å². The molecule has 0 amide bonds. The molecule has 0 saturated carbocycles. The fourth-order valence-corrected chi connectivity index (χ4v) is 1.84. The summed E-state index contributed by atoms with van der Waals surface area (Å²) in [6.07, 6.45) is 9.66. The van der Waals surface area contributed by atoms with E-state index >= 15 is 0 Å². The van der Waals surface area contributed by atoms with Crippen LogP contribution in [0.1, 0.15) is 44.6 Å². The van der Waals surface area contributed by atoms with Crippen molar-refractivity contribution in [3.63, 3.8) is 0 Å². The molecule has 0 fully saturated rings. The van der Waals surface area contributed by atoms with Gasteiger partial charge in [-0.3, -0.25) is 0 Å². The lowest BCUT2D eigenvalue weighted by molar-refractivity contribution is 0.363. The van der Waals surface area contributed by atoms with Crippen LogP contribution in [0.15, 0.2) is 36.9 Å². The van der Waals surface area contributed by atoms with E-state index in [1.807, 2.05) is 12.1 Å². The van der Waals surface area contributed by atoms with E-state index in [0.717, 1.165) is 5.75 Å². The zero-order chi connectivity index (χ0) is 12.3. The first-order chi connectivity index (χ1) is 8.36. The molecule has 0 radical (unpaired) electrons. The second kappa shape index (κ2) is 8.86. The SMILES string of the molecule is C=CCOc1ccc(CCCCCCC)cc1. The monoisotopic (exact) mass is 232 g/mol. The van der Waals surface area contributed by atoms with Crippen LogP contribution in [0.3, 0.4) is 0 Å². The van der Waals surface area contributed by atoms with Gasteiger partial charge in [-0.15, -0.1) is 0 Å². The summed E-state index contributed by atoms with van der Waals surface area (Å²) in [5.41, 5.74) is 1.41. The van der Waals surface area contributed by atoms with Gasteiger partial charge in [0.15, 0.2) is 0 Å². The number of unbranched alkanes of at least 4 members (excludes halogenated alkanes) is 4. The number of rotatable bonds is 9. The number of benzene rings is 1. The van der Waals surface area contributed by atoms with Gasteiger partial charge in [0, 0.05) is 0 Å². The Bertz CT molecular complexity index is 300. The fraction of sp³-hybridized carbons (Fsp3) is 0.500. The number of ether oxygens (including phenoxy) is 1. The topological polar surface area (TPSA) is 9.23 Å². The smallest absolute Gasteiger partial charge is 0.119 e. The Morgan fingerprint density at radius 3 is 2.41 bits per heavy atom. The summed E-state index contributed by atoms with van der Waals surface area (Å²) in [4.78, 5) is 0.